The number of rotatable bonds is 2. The monoisotopic (exact) mass is 270 g/mol. The Bertz CT molecular complexity index is 674. The van der Waals surface area contributed by atoms with E-state index < -0.39 is 11.7 Å². The topological polar surface area (TPSA) is 80.9 Å². The maximum Gasteiger partial charge on any atom is 0.275 e. The summed E-state index contributed by atoms with van der Waals surface area (Å²) in [6, 6.07) is 5.78. The molecule has 0 atom stereocenters. The normalized spacial score (nSPS) is 9.50. The molecular weight excluding hydrogens is 259 g/mol. The fraction of sp³-hybridized carbons (Fsp3) is 0.0714. The Labute approximate surface area is 115 Å². The van der Waals surface area contributed by atoms with Gasteiger partial charge in [0.25, 0.3) is 5.91 Å². The van der Waals surface area contributed by atoms with Crippen molar-refractivity contribution in [1.29, 1.82) is 0 Å². The van der Waals surface area contributed by atoms with E-state index in [9.17, 15) is 9.18 Å². The second-order valence-electron chi connectivity index (χ2n) is 3.75. The van der Waals surface area contributed by atoms with Gasteiger partial charge >= 0.3 is 0 Å². The fourth-order valence-electron chi connectivity index (χ4n) is 1.42. The molecule has 0 saturated carbocycles. The van der Waals surface area contributed by atoms with Gasteiger partial charge in [-0.05, 0) is 24.3 Å². The van der Waals surface area contributed by atoms with Gasteiger partial charge < -0.3 is 11.1 Å². The number of nitrogens with one attached hydrogen (secondary N) is 1. The molecule has 3 N–H and O–H groups in total. The number of pyridine rings is 2. The number of hydrogen-bond acceptors (Lipinski definition) is 4. The minimum atomic E-state index is -0.501. The van der Waals surface area contributed by atoms with Crippen molar-refractivity contribution in [2.75, 3.05) is 11.9 Å². The average molecular weight is 270 g/mol. The molecular formula is C14H11FN4O. The Morgan fingerprint density at radius 3 is 2.90 bits per heavy atom. The smallest absolute Gasteiger partial charge is 0.275 e. The average Bonchev–Trinajstić information content (AvgIpc) is 2.46. The van der Waals surface area contributed by atoms with Crippen molar-refractivity contribution in [3.63, 3.8) is 0 Å². The maximum absolute atomic E-state index is 12.7. The lowest BCUT2D eigenvalue weighted by Crippen LogP contribution is -2.14. The SMILES string of the molecule is NCC#Cc1ccnc(NC(=O)c2ccc(F)cn2)c1. The Morgan fingerprint density at radius 1 is 1.35 bits per heavy atom. The van der Waals surface area contributed by atoms with Crippen molar-refractivity contribution in [2.24, 2.45) is 5.73 Å². The molecule has 2 heterocycles. The zero-order chi connectivity index (χ0) is 14.4. The van der Waals surface area contributed by atoms with E-state index in [2.05, 4.69) is 27.1 Å². The maximum atomic E-state index is 12.7. The molecule has 0 spiro atoms. The first kappa shape index (κ1) is 13.6. The fourth-order valence-corrected chi connectivity index (χ4v) is 1.42. The number of nitrogens with two attached hydrogens (primary N) is 1. The van der Waals surface area contributed by atoms with Crippen LogP contribution in [0.15, 0.2) is 36.7 Å². The molecule has 0 aliphatic heterocycles. The van der Waals surface area contributed by atoms with Crippen LogP contribution >= 0.6 is 0 Å². The third-order valence-corrected chi connectivity index (χ3v) is 2.30. The lowest BCUT2D eigenvalue weighted by atomic mass is 10.2. The van der Waals surface area contributed by atoms with E-state index in [1.165, 1.54) is 18.3 Å². The van der Waals surface area contributed by atoms with Crippen molar-refractivity contribution in [3.05, 3.63) is 53.7 Å². The van der Waals surface area contributed by atoms with E-state index >= 15 is 0 Å². The molecule has 2 rings (SSSR count). The third-order valence-electron chi connectivity index (χ3n) is 2.30. The van der Waals surface area contributed by atoms with Crippen LogP contribution in [0.2, 0.25) is 0 Å². The van der Waals surface area contributed by atoms with Crippen LogP contribution in [0.4, 0.5) is 10.2 Å². The van der Waals surface area contributed by atoms with Gasteiger partial charge in [-0.1, -0.05) is 11.8 Å². The lowest BCUT2D eigenvalue weighted by molar-refractivity contribution is 0.102. The standard InChI is InChI=1S/C14H11FN4O/c15-11-3-4-12(18-9-11)14(20)19-13-8-10(2-1-6-16)5-7-17-13/h3-5,7-9H,6,16H2,(H,17,19,20). The molecule has 0 aliphatic carbocycles. The highest BCUT2D eigenvalue weighted by Gasteiger charge is 2.08. The molecule has 0 saturated heterocycles. The van der Waals surface area contributed by atoms with E-state index in [4.69, 9.17) is 5.73 Å². The largest absolute Gasteiger partial charge is 0.320 e. The minimum Gasteiger partial charge on any atom is -0.320 e. The number of amides is 1. The number of nitrogens with zero attached hydrogens (tertiary/aromatic N) is 2. The van der Waals surface area contributed by atoms with Gasteiger partial charge in [-0.3, -0.25) is 4.79 Å². The molecule has 6 heteroatoms. The number of carbonyl (C=O) groups excluding carboxylic acids is 1. The van der Waals surface area contributed by atoms with Crippen LogP contribution in [0, 0.1) is 17.7 Å². The molecule has 0 fully saturated rings. The summed E-state index contributed by atoms with van der Waals surface area (Å²) >= 11 is 0. The summed E-state index contributed by atoms with van der Waals surface area (Å²) in [4.78, 5) is 19.5. The van der Waals surface area contributed by atoms with Crippen molar-refractivity contribution in [1.82, 2.24) is 9.97 Å². The number of halogens is 1. The van der Waals surface area contributed by atoms with Gasteiger partial charge in [0.05, 0.1) is 12.7 Å². The zero-order valence-corrected chi connectivity index (χ0v) is 10.4. The highest BCUT2D eigenvalue weighted by atomic mass is 19.1. The molecule has 5 nitrogen and oxygen atoms in total. The van der Waals surface area contributed by atoms with Crippen LogP contribution in [0.25, 0.3) is 0 Å². The van der Waals surface area contributed by atoms with E-state index in [1.54, 1.807) is 12.1 Å². The van der Waals surface area contributed by atoms with Crippen molar-refractivity contribution < 1.29 is 9.18 Å². The van der Waals surface area contributed by atoms with Gasteiger partial charge in [-0.2, -0.15) is 0 Å². The molecule has 0 unspecified atom stereocenters. The molecule has 20 heavy (non-hydrogen) atoms. The summed E-state index contributed by atoms with van der Waals surface area (Å²) in [5, 5.41) is 2.56. The molecule has 0 aromatic carbocycles. The van der Waals surface area contributed by atoms with Gasteiger partial charge in [-0.25, -0.2) is 14.4 Å². The van der Waals surface area contributed by atoms with Gasteiger partial charge in [0.15, 0.2) is 0 Å². The summed E-state index contributed by atoms with van der Waals surface area (Å²) in [5.41, 5.74) is 6.08. The Balaban J connectivity index is 2.13. The summed E-state index contributed by atoms with van der Waals surface area (Å²) in [7, 11) is 0. The first-order valence-corrected chi connectivity index (χ1v) is 5.77. The van der Waals surface area contributed by atoms with Crippen LogP contribution in [0.3, 0.4) is 0 Å². The number of anilines is 1. The highest BCUT2D eigenvalue weighted by molar-refractivity contribution is 6.02. The quantitative estimate of drug-likeness (QED) is 0.803. The van der Waals surface area contributed by atoms with Crippen LogP contribution in [-0.4, -0.2) is 22.4 Å². The number of hydrogen-bond donors (Lipinski definition) is 2. The first-order valence-electron chi connectivity index (χ1n) is 5.77. The number of aromatic nitrogens is 2. The van der Waals surface area contributed by atoms with Crippen molar-refractivity contribution in [3.8, 4) is 11.8 Å². The molecule has 2 aromatic heterocycles. The Hall–Kier alpha value is -2.78. The second-order valence-corrected chi connectivity index (χ2v) is 3.75. The lowest BCUT2D eigenvalue weighted by Gasteiger charge is -2.03. The molecule has 100 valence electrons. The second kappa shape index (κ2) is 6.41. The van der Waals surface area contributed by atoms with Crippen LogP contribution in [0.1, 0.15) is 16.1 Å². The zero-order valence-electron chi connectivity index (χ0n) is 10.4. The molecule has 0 radical (unpaired) electrons. The van der Waals surface area contributed by atoms with Crippen molar-refractivity contribution in [2.45, 2.75) is 0 Å². The van der Waals surface area contributed by atoms with E-state index in [0.717, 1.165) is 6.20 Å². The van der Waals surface area contributed by atoms with Crippen LogP contribution in [-0.2, 0) is 0 Å². The van der Waals surface area contributed by atoms with Gasteiger partial charge in [0, 0.05) is 11.8 Å². The molecule has 0 bridgehead atoms. The first-order chi connectivity index (χ1) is 9.69. The Kier molecular flexibility index (Phi) is 4.37. The predicted molar refractivity (Wildman–Crippen MR) is 72.3 cm³/mol. The van der Waals surface area contributed by atoms with E-state index in [-0.39, 0.29) is 12.2 Å². The van der Waals surface area contributed by atoms with Crippen LogP contribution in [0.5, 0.6) is 0 Å². The summed E-state index contributed by atoms with van der Waals surface area (Å²) in [6.45, 7) is 0.253. The number of carbonyl (C=O) groups is 1. The van der Waals surface area contributed by atoms with Crippen LogP contribution < -0.4 is 11.1 Å². The Morgan fingerprint density at radius 2 is 2.20 bits per heavy atom. The van der Waals surface area contributed by atoms with Gasteiger partial charge in [-0.15, -0.1) is 0 Å². The predicted octanol–water partition coefficient (Wildman–Crippen LogP) is 1.18. The third kappa shape index (κ3) is 3.60. The molecule has 0 aliphatic rings. The summed E-state index contributed by atoms with van der Waals surface area (Å²) in [6.07, 6.45) is 2.50. The molecule has 2 aromatic rings. The molecule has 1 amide bonds. The van der Waals surface area contributed by atoms with Gasteiger partial charge in [0.2, 0.25) is 0 Å². The van der Waals surface area contributed by atoms with E-state index in [0.29, 0.717) is 11.4 Å². The van der Waals surface area contributed by atoms with Gasteiger partial charge in [0.1, 0.15) is 17.3 Å². The van der Waals surface area contributed by atoms with E-state index in [1.807, 2.05) is 0 Å². The summed E-state index contributed by atoms with van der Waals surface area (Å²) in [5.74, 6) is 4.91. The highest BCUT2D eigenvalue weighted by Crippen LogP contribution is 2.07. The van der Waals surface area contributed by atoms with Crippen molar-refractivity contribution >= 4 is 11.7 Å². The summed E-state index contributed by atoms with van der Waals surface area (Å²) < 4.78 is 12.7. The minimum absolute atomic E-state index is 0.103.